The second kappa shape index (κ2) is 6.79. The Bertz CT molecular complexity index is 424. The van der Waals surface area contributed by atoms with Crippen molar-refractivity contribution in [3.05, 3.63) is 29.8 Å². The maximum atomic E-state index is 11.9. The van der Waals surface area contributed by atoms with E-state index < -0.39 is 5.97 Å². The Morgan fingerprint density at radius 2 is 1.89 bits per heavy atom. The van der Waals surface area contributed by atoms with E-state index >= 15 is 0 Å². The summed E-state index contributed by atoms with van der Waals surface area (Å²) in [6.07, 6.45) is 0. The van der Waals surface area contributed by atoms with Crippen molar-refractivity contribution >= 4 is 11.8 Å². The predicted octanol–water partition coefficient (Wildman–Crippen LogP) is 2.47. The highest BCUT2D eigenvalue weighted by atomic mass is 16.6. The van der Waals surface area contributed by atoms with Crippen LogP contribution in [0.1, 0.15) is 31.1 Å². The molecule has 98 valence electrons. The topological polar surface area (TPSA) is 52.6 Å². The van der Waals surface area contributed by atoms with Gasteiger partial charge in [-0.25, -0.2) is 4.79 Å². The molecule has 0 unspecified atom stereocenters. The fourth-order valence-corrected chi connectivity index (χ4v) is 1.45. The minimum Gasteiger partial charge on any atom is -0.481 e. The number of carbonyl (C=O) groups excluding carboxylic acids is 2. The molecule has 0 aliphatic rings. The molecule has 0 aromatic heterocycles. The molecule has 0 atom stereocenters. The van der Waals surface area contributed by atoms with Crippen LogP contribution in [0.25, 0.3) is 0 Å². The molecular weight excluding hydrogens is 232 g/mol. The molecule has 1 aromatic carbocycles. The zero-order chi connectivity index (χ0) is 13.5. The molecule has 0 aliphatic heterocycles. The van der Waals surface area contributed by atoms with Crippen LogP contribution in [0.5, 0.6) is 5.75 Å². The Morgan fingerprint density at radius 1 is 1.22 bits per heavy atom. The molecule has 0 N–H and O–H groups in total. The molecule has 4 nitrogen and oxygen atoms in total. The van der Waals surface area contributed by atoms with Gasteiger partial charge in [0.05, 0.1) is 12.2 Å². The third-order valence-corrected chi connectivity index (χ3v) is 2.33. The number of ketones is 1. The van der Waals surface area contributed by atoms with Gasteiger partial charge in [0.25, 0.3) is 0 Å². The third-order valence-electron chi connectivity index (χ3n) is 2.33. The first-order valence-corrected chi connectivity index (χ1v) is 5.98. The number of benzene rings is 1. The number of hydrogen-bond acceptors (Lipinski definition) is 4. The van der Waals surface area contributed by atoms with Crippen molar-refractivity contribution in [1.82, 2.24) is 0 Å². The van der Waals surface area contributed by atoms with Crippen LogP contribution in [0.2, 0.25) is 0 Å². The molecule has 0 fully saturated rings. The molecule has 4 heteroatoms. The molecule has 0 heterocycles. The highest BCUT2D eigenvalue weighted by molar-refractivity contribution is 5.99. The Kier molecular flexibility index (Phi) is 5.36. The van der Waals surface area contributed by atoms with Crippen LogP contribution in [0, 0.1) is 5.92 Å². The second-order valence-electron chi connectivity index (χ2n) is 4.11. The molecule has 18 heavy (non-hydrogen) atoms. The normalized spacial score (nSPS) is 10.2. The quantitative estimate of drug-likeness (QED) is 0.575. The molecular formula is C14H18O4. The Balaban J connectivity index is 2.77. The van der Waals surface area contributed by atoms with Crippen molar-refractivity contribution < 1.29 is 19.1 Å². The van der Waals surface area contributed by atoms with E-state index in [9.17, 15) is 9.59 Å². The molecule has 0 saturated carbocycles. The number of carbonyl (C=O) groups is 2. The number of rotatable bonds is 6. The van der Waals surface area contributed by atoms with Gasteiger partial charge in [-0.3, -0.25) is 4.79 Å². The Morgan fingerprint density at radius 3 is 2.50 bits per heavy atom. The summed E-state index contributed by atoms with van der Waals surface area (Å²) in [6, 6.07) is 6.90. The van der Waals surface area contributed by atoms with Crippen molar-refractivity contribution in [2.75, 3.05) is 13.2 Å². The number of para-hydroxylation sites is 1. The molecule has 0 bridgehead atoms. The maximum Gasteiger partial charge on any atom is 0.344 e. The van der Waals surface area contributed by atoms with Crippen LogP contribution in [0.4, 0.5) is 0 Å². The van der Waals surface area contributed by atoms with Gasteiger partial charge in [-0.15, -0.1) is 0 Å². The number of ether oxygens (including phenoxy) is 2. The van der Waals surface area contributed by atoms with E-state index in [1.54, 1.807) is 31.2 Å². The van der Waals surface area contributed by atoms with Gasteiger partial charge in [0.1, 0.15) is 5.75 Å². The molecule has 0 saturated heterocycles. The van der Waals surface area contributed by atoms with E-state index in [2.05, 4.69) is 0 Å². The van der Waals surface area contributed by atoms with Gasteiger partial charge in [-0.1, -0.05) is 26.0 Å². The molecule has 0 amide bonds. The summed E-state index contributed by atoms with van der Waals surface area (Å²) in [6.45, 7) is 5.51. The Labute approximate surface area is 107 Å². The van der Waals surface area contributed by atoms with Crippen molar-refractivity contribution in [3.8, 4) is 5.75 Å². The average molecular weight is 250 g/mol. The first-order chi connectivity index (χ1) is 8.56. The van der Waals surface area contributed by atoms with Crippen LogP contribution >= 0.6 is 0 Å². The predicted molar refractivity (Wildman–Crippen MR) is 67.7 cm³/mol. The fraction of sp³-hybridized carbons (Fsp3) is 0.429. The molecule has 1 aromatic rings. The van der Waals surface area contributed by atoms with Crippen LogP contribution in [0.15, 0.2) is 24.3 Å². The van der Waals surface area contributed by atoms with E-state index in [1.807, 2.05) is 13.8 Å². The van der Waals surface area contributed by atoms with Crippen LogP contribution < -0.4 is 4.74 Å². The van der Waals surface area contributed by atoms with Gasteiger partial charge >= 0.3 is 5.97 Å². The summed E-state index contributed by atoms with van der Waals surface area (Å²) in [7, 11) is 0. The van der Waals surface area contributed by atoms with Crippen LogP contribution in [-0.4, -0.2) is 25.0 Å². The summed E-state index contributed by atoms with van der Waals surface area (Å²) in [5, 5.41) is 0. The van der Waals surface area contributed by atoms with E-state index in [0.29, 0.717) is 17.9 Å². The molecule has 0 spiro atoms. The SMILES string of the molecule is CCOC(=O)COc1ccccc1C(=O)C(C)C. The Hall–Kier alpha value is -1.84. The summed E-state index contributed by atoms with van der Waals surface area (Å²) in [4.78, 5) is 23.1. The van der Waals surface area contributed by atoms with Crippen molar-refractivity contribution in [1.29, 1.82) is 0 Å². The van der Waals surface area contributed by atoms with Crippen molar-refractivity contribution in [2.24, 2.45) is 5.92 Å². The van der Waals surface area contributed by atoms with E-state index in [4.69, 9.17) is 9.47 Å². The second-order valence-corrected chi connectivity index (χ2v) is 4.11. The third kappa shape index (κ3) is 3.87. The molecule has 0 radical (unpaired) electrons. The summed E-state index contributed by atoms with van der Waals surface area (Å²) in [5.74, 6) is -0.139. The largest absolute Gasteiger partial charge is 0.481 e. The van der Waals surface area contributed by atoms with Crippen molar-refractivity contribution in [2.45, 2.75) is 20.8 Å². The lowest BCUT2D eigenvalue weighted by atomic mass is 10.0. The maximum absolute atomic E-state index is 11.9. The molecule has 0 aliphatic carbocycles. The summed E-state index contributed by atoms with van der Waals surface area (Å²) >= 11 is 0. The number of esters is 1. The lowest BCUT2D eigenvalue weighted by Gasteiger charge is -2.11. The lowest BCUT2D eigenvalue weighted by Crippen LogP contribution is -2.16. The van der Waals surface area contributed by atoms with Gasteiger partial charge in [-0.2, -0.15) is 0 Å². The van der Waals surface area contributed by atoms with E-state index in [0.717, 1.165) is 0 Å². The van der Waals surface area contributed by atoms with Gasteiger partial charge < -0.3 is 9.47 Å². The highest BCUT2D eigenvalue weighted by Crippen LogP contribution is 2.21. The van der Waals surface area contributed by atoms with E-state index in [-0.39, 0.29) is 18.3 Å². The molecule has 1 rings (SSSR count). The van der Waals surface area contributed by atoms with Crippen LogP contribution in [-0.2, 0) is 9.53 Å². The van der Waals surface area contributed by atoms with E-state index in [1.165, 1.54) is 0 Å². The number of Topliss-reactive ketones (excluding diaryl/α,β-unsaturated/α-hetero) is 1. The van der Waals surface area contributed by atoms with Crippen LogP contribution in [0.3, 0.4) is 0 Å². The monoisotopic (exact) mass is 250 g/mol. The first-order valence-electron chi connectivity index (χ1n) is 5.98. The zero-order valence-electron chi connectivity index (χ0n) is 10.9. The van der Waals surface area contributed by atoms with Gasteiger partial charge in [0, 0.05) is 5.92 Å². The smallest absolute Gasteiger partial charge is 0.344 e. The zero-order valence-corrected chi connectivity index (χ0v) is 10.9. The average Bonchev–Trinajstić information content (AvgIpc) is 2.36. The van der Waals surface area contributed by atoms with Gasteiger partial charge in [-0.05, 0) is 19.1 Å². The summed E-state index contributed by atoms with van der Waals surface area (Å²) < 4.78 is 10.1. The minimum atomic E-state index is -0.440. The highest BCUT2D eigenvalue weighted by Gasteiger charge is 2.16. The van der Waals surface area contributed by atoms with Crippen molar-refractivity contribution in [3.63, 3.8) is 0 Å². The van der Waals surface area contributed by atoms with Gasteiger partial charge in [0.15, 0.2) is 12.4 Å². The van der Waals surface area contributed by atoms with Gasteiger partial charge in [0.2, 0.25) is 0 Å². The fourth-order valence-electron chi connectivity index (χ4n) is 1.45. The summed E-state index contributed by atoms with van der Waals surface area (Å²) in [5.41, 5.74) is 0.497. The minimum absolute atomic E-state index is 0.00513. The first kappa shape index (κ1) is 14.2. The standard InChI is InChI=1S/C14H18O4/c1-4-17-13(15)9-18-12-8-6-5-7-11(12)14(16)10(2)3/h5-8,10H,4,9H2,1-3H3. The number of hydrogen-bond donors (Lipinski definition) is 0. The lowest BCUT2D eigenvalue weighted by molar-refractivity contribution is -0.145.